The molecule has 3 rings (SSSR count). The lowest BCUT2D eigenvalue weighted by atomic mass is 10.1. The Hall–Kier alpha value is -3.34. The predicted octanol–water partition coefficient (Wildman–Crippen LogP) is 5.80. The third-order valence-electron chi connectivity index (χ3n) is 5.95. The fourth-order valence-electron chi connectivity index (χ4n) is 3.91. The summed E-state index contributed by atoms with van der Waals surface area (Å²) in [6.45, 7) is 7.61. The van der Waals surface area contributed by atoms with E-state index in [0.717, 1.165) is 42.8 Å². The summed E-state index contributed by atoms with van der Waals surface area (Å²) in [6, 6.07) is 21.5. The van der Waals surface area contributed by atoms with Crippen molar-refractivity contribution in [2.45, 2.75) is 53.0 Å². The van der Waals surface area contributed by atoms with Crippen molar-refractivity contribution in [1.29, 1.82) is 0 Å². The number of hydrogen-bond acceptors (Lipinski definition) is 3. The minimum atomic E-state index is -0.0960. The molecule has 0 atom stereocenters. The van der Waals surface area contributed by atoms with Gasteiger partial charge in [0, 0.05) is 18.7 Å². The van der Waals surface area contributed by atoms with Crippen molar-refractivity contribution in [1.82, 2.24) is 9.80 Å². The lowest BCUT2D eigenvalue weighted by Crippen LogP contribution is -2.43. The highest BCUT2D eigenvalue weighted by Gasteiger charge is 2.23. The monoisotopic (exact) mass is 460 g/mol. The average molecular weight is 461 g/mol. The van der Waals surface area contributed by atoms with E-state index < -0.39 is 0 Å². The first kappa shape index (κ1) is 25.3. The number of carbonyl (C=O) groups excluding carboxylic acids is 2. The molecular formula is C29H36N2O3. The molecule has 180 valence electrons. The van der Waals surface area contributed by atoms with Gasteiger partial charge >= 0.3 is 0 Å². The number of nitrogens with zero attached hydrogens (tertiary/aromatic N) is 2. The van der Waals surface area contributed by atoms with Gasteiger partial charge in [-0.1, -0.05) is 67.8 Å². The summed E-state index contributed by atoms with van der Waals surface area (Å²) in [5.41, 5.74) is 2.89. The summed E-state index contributed by atoms with van der Waals surface area (Å²) in [4.78, 5) is 30.3. The second-order valence-electron chi connectivity index (χ2n) is 8.86. The fourth-order valence-corrected chi connectivity index (χ4v) is 3.91. The van der Waals surface area contributed by atoms with Crippen LogP contribution in [0.15, 0.2) is 71.1 Å². The first-order chi connectivity index (χ1) is 16.5. The van der Waals surface area contributed by atoms with Crippen molar-refractivity contribution >= 4 is 11.8 Å². The van der Waals surface area contributed by atoms with Crippen LogP contribution in [0.3, 0.4) is 0 Å². The maximum atomic E-state index is 13.5. The Morgan fingerprint density at radius 3 is 2.21 bits per heavy atom. The van der Waals surface area contributed by atoms with E-state index in [2.05, 4.69) is 19.1 Å². The molecule has 0 unspecified atom stereocenters. The second kappa shape index (κ2) is 12.8. The van der Waals surface area contributed by atoms with Crippen LogP contribution in [0.4, 0.5) is 0 Å². The van der Waals surface area contributed by atoms with E-state index in [0.29, 0.717) is 25.2 Å². The van der Waals surface area contributed by atoms with E-state index in [-0.39, 0.29) is 18.4 Å². The van der Waals surface area contributed by atoms with E-state index in [9.17, 15) is 9.59 Å². The molecule has 0 spiro atoms. The average Bonchev–Trinajstić information content (AvgIpc) is 3.26. The molecule has 0 aliphatic heterocycles. The molecule has 1 heterocycles. The molecule has 3 aromatic rings. The molecule has 34 heavy (non-hydrogen) atoms. The van der Waals surface area contributed by atoms with Crippen LogP contribution in [-0.2, 0) is 17.8 Å². The number of carbonyl (C=O) groups is 2. The first-order valence-electron chi connectivity index (χ1n) is 12.2. The Kier molecular flexibility index (Phi) is 9.51. The standard InChI is InChI=1S/C29H36N2O3/c1-4-5-9-19-31(29(33)26-15-12-23(2)13-16-26)22-28(32)30(21-27-17-14-24(3)34-27)20-18-25-10-7-6-8-11-25/h6-8,10-17H,4-5,9,18-22H2,1-3H3. The third-order valence-corrected chi connectivity index (χ3v) is 5.95. The largest absolute Gasteiger partial charge is 0.464 e. The Bertz CT molecular complexity index is 1040. The van der Waals surface area contributed by atoms with E-state index in [1.165, 1.54) is 5.56 Å². The van der Waals surface area contributed by atoms with Gasteiger partial charge in [-0.2, -0.15) is 0 Å². The molecule has 0 fully saturated rings. The van der Waals surface area contributed by atoms with Crippen molar-refractivity contribution in [2.24, 2.45) is 0 Å². The molecular weight excluding hydrogens is 424 g/mol. The lowest BCUT2D eigenvalue weighted by Gasteiger charge is -2.27. The van der Waals surface area contributed by atoms with Crippen LogP contribution in [0.5, 0.6) is 0 Å². The molecule has 1 aromatic heterocycles. The number of benzene rings is 2. The number of unbranched alkanes of at least 4 members (excludes halogenated alkanes) is 2. The summed E-state index contributed by atoms with van der Waals surface area (Å²) in [6.07, 6.45) is 3.70. The highest BCUT2D eigenvalue weighted by molar-refractivity contribution is 5.96. The van der Waals surface area contributed by atoms with Crippen LogP contribution < -0.4 is 0 Å². The van der Waals surface area contributed by atoms with Crippen molar-refractivity contribution in [2.75, 3.05) is 19.6 Å². The topological polar surface area (TPSA) is 53.8 Å². The van der Waals surface area contributed by atoms with Gasteiger partial charge in [0.2, 0.25) is 5.91 Å². The Morgan fingerprint density at radius 2 is 1.56 bits per heavy atom. The number of furan rings is 1. The smallest absolute Gasteiger partial charge is 0.254 e. The van der Waals surface area contributed by atoms with Crippen LogP contribution in [0.25, 0.3) is 0 Å². The van der Waals surface area contributed by atoms with Crippen LogP contribution in [0.1, 0.15) is 59.2 Å². The van der Waals surface area contributed by atoms with Crippen molar-refractivity contribution < 1.29 is 14.0 Å². The molecule has 0 saturated heterocycles. The summed E-state index contributed by atoms with van der Waals surface area (Å²) < 4.78 is 5.75. The zero-order valence-electron chi connectivity index (χ0n) is 20.6. The number of aryl methyl sites for hydroxylation is 2. The summed E-state index contributed by atoms with van der Waals surface area (Å²) in [5, 5.41) is 0. The molecule has 0 aliphatic rings. The Balaban J connectivity index is 1.75. The molecule has 0 aliphatic carbocycles. The maximum Gasteiger partial charge on any atom is 0.254 e. The van der Waals surface area contributed by atoms with Gasteiger partial charge in [-0.15, -0.1) is 0 Å². The van der Waals surface area contributed by atoms with E-state index in [4.69, 9.17) is 4.42 Å². The first-order valence-corrected chi connectivity index (χ1v) is 12.2. The number of amides is 2. The van der Waals surface area contributed by atoms with Gasteiger partial charge in [0.05, 0.1) is 6.54 Å². The highest BCUT2D eigenvalue weighted by atomic mass is 16.3. The van der Waals surface area contributed by atoms with Gasteiger partial charge in [0.1, 0.15) is 18.1 Å². The maximum absolute atomic E-state index is 13.5. The van der Waals surface area contributed by atoms with Crippen LogP contribution in [0, 0.1) is 13.8 Å². The molecule has 0 bridgehead atoms. The van der Waals surface area contributed by atoms with E-state index in [1.54, 1.807) is 9.80 Å². The minimum absolute atomic E-state index is 0.0604. The SMILES string of the molecule is CCCCCN(CC(=O)N(CCc1ccccc1)Cc1ccc(C)o1)C(=O)c1ccc(C)cc1. The third kappa shape index (κ3) is 7.62. The quantitative estimate of drug-likeness (QED) is 0.321. The normalized spacial score (nSPS) is 10.8. The zero-order chi connectivity index (χ0) is 24.3. The molecule has 0 N–H and O–H groups in total. The lowest BCUT2D eigenvalue weighted by molar-refractivity contribution is -0.132. The molecule has 0 saturated carbocycles. The van der Waals surface area contributed by atoms with Gasteiger partial charge in [-0.05, 0) is 56.5 Å². The molecule has 2 aromatic carbocycles. The highest BCUT2D eigenvalue weighted by Crippen LogP contribution is 2.14. The minimum Gasteiger partial charge on any atom is -0.464 e. The Morgan fingerprint density at radius 1 is 0.824 bits per heavy atom. The van der Waals surface area contributed by atoms with Crippen LogP contribution >= 0.6 is 0 Å². The molecule has 5 nitrogen and oxygen atoms in total. The number of hydrogen-bond donors (Lipinski definition) is 0. The number of rotatable bonds is 12. The molecule has 0 radical (unpaired) electrons. The summed E-state index contributed by atoms with van der Waals surface area (Å²) in [7, 11) is 0. The van der Waals surface area contributed by atoms with E-state index >= 15 is 0 Å². The summed E-state index contributed by atoms with van der Waals surface area (Å²) >= 11 is 0. The van der Waals surface area contributed by atoms with Gasteiger partial charge in [-0.25, -0.2) is 0 Å². The van der Waals surface area contributed by atoms with Crippen molar-refractivity contribution in [3.05, 3.63) is 94.9 Å². The van der Waals surface area contributed by atoms with Crippen LogP contribution in [-0.4, -0.2) is 41.2 Å². The van der Waals surface area contributed by atoms with Gasteiger partial charge in [-0.3, -0.25) is 9.59 Å². The van der Waals surface area contributed by atoms with Crippen molar-refractivity contribution in [3.8, 4) is 0 Å². The van der Waals surface area contributed by atoms with Gasteiger partial charge in [0.15, 0.2) is 0 Å². The molecule has 5 heteroatoms. The molecule has 2 amide bonds. The van der Waals surface area contributed by atoms with Gasteiger partial charge < -0.3 is 14.2 Å². The van der Waals surface area contributed by atoms with Crippen molar-refractivity contribution in [3.63, 3.8) is 0 Å². The van der Waals surface area contributed by atoms with E-state index in [1.807, 2.05) is 68.4 Å². The Labute approximate surface area is 203 Å². The van der Waals surface area contributed by atoms with Gasteiger partial charge in [0.25, 0.3) is 5.91 Å². The second-order valence-corrected chi connectivity index (χ2v) is 8.86. The van der Waals surface area contributed by atoms with Crippen LogP contribution in [0.2, 0.25) is 0 Å². The zero-order valence-corrected chi connectivity index (χ0v) is 20.6. The predicted molar refractivity (Wildman–Crippen MR) is 136 cm³/mol. The summed E-state index contributed by atoms with van der Waals surface area (Å²) in [5.74, 6) is 1.41. The fraction of sp³-hybridized carbons (Fsp3) is 0.379.